The third-order valence-electron chi connectivity index (χ3n) is 5.84. The second kappa shape index (κ2) is 12.3. The lowest BCUT2D eigenvalue weighted by atomic mass is 10.1. The Morgan fingerprint density at radius 1 is 1.15 bits per heavy atom. The first-order valence-corrected chi connectivity index (χ1v) is 12.6. The van der Waals surface area contributed by atoms with Crippen molar-refractivity contribution in [3.05, 3.63) is 47.2 Å². The van der Waals surface area contributed by atoms with E-state index in [4.69, 9.17) is 14.5 Å². The number of nitrogens with zero attached hydrogens (tertiary/aromatic N) is 4. The van der Waals surface area contributed by atoms with Gasteiger partial charge in [0.25, 0.3) is 5.91 Å². The molecule has 178 valence electrons. The minimum absolute atomic E-state index is 0.0372. The zero-order chi connectivity index (χ0) is 22.9. The molecule has 0 unspecified atom stereocenters. The summed E-state index contributed by atoms with van der Waals surface area (Å²) in [5.41, 5.74) is 2.65. The van der Waals surface area contributed by atoms with Gasteiger partial charge < -0.3 is 19.7 Å². The van der Waals surface area contributed by atoms with Crippen molar-refractivity contribution in [3.63, 3.8) is 0 Å². The topological polar surface area (TPSA) is 79.8 Å². The van der Waals surface area contributed by atoms with Crippen molar-refractivity contribution >= 4 is 23.5 Å². The molecule has 8 nitrogen and oxygen atoms in total. The van der Waals surface area contributed by atoms with Crippen molar-refractivity contribution in [2.45, 2.75) is 30.4 Å². The fourth-order valence-electron chi connectivity index (χ4n) is 4.06. The van der Waals surface area contributed by atoms with Crippen molar-refractivity contribution in [1.82, 2.24) is 20.2 Å². The van der Waals surface area contributed by atoms with Gasteiger partial charge in [0, 0.05) is 63.8 Å². The first-order chi connectivity index (χ1) is 16.2. The van der Waals surface area contributed by atoms with Gasteiger partial charge in [-0.25, -0.2) is 9.97 Å². The normalized spacial score (nSPS) is 16.8. The summed E-state index contributed by atoms with van der Waals surface area (Å²) in [5.74, 6) is 1.64. The summed E-state index contributed by atoms with van der Waals surface area (Å²) in [6.45, 7) is 7.42. The number of amides is 1. The number of rotatable bonds is 10. The zero-order valence-electron chi connectivity index (χ0n) is 19.3. The van der Waals surface area contributed by atoms with Crippen LogP contribution in [0.25, 0.3) is 0 Å². The number of carbonyl (C=O) groups is 1. The van der Waals surface area contributed by atoms with Gasteiger partial charge in [-0.05, 0) is 30.5 Å². The van der Waals surface area contributed by atoms with E-state index in [1.54, 1.807) is 18.9 Å². The number of thioether (sulfide) groups is 1. The van der Waals surface area contributed by atoms with Gasteiger partial charge in [0.15, 0.2) is 5.16 Å². The van der Waals surface area contributed by atoms with Crippen molar-refractivity contribution in [3.8, 4) is 0 Å². The molecule has 0 spiro atoms. The monoisotopic (exact) mass is 471 g/mol. The molecule has 1 N–H and O–H groups in total. The number of methoxy groups -OCH3 is 1. The largest absolute Gasteiger partial charge is 0.379 e. The van der Waals surface area contributed by atoms with Gasteiger partial charge in [-0.15, -0.1) is 0 Å². The van der Waals surface area contributed by atoms with Crippen LogP contribution in [0.2, 0.25) is 0 Å². The lowest BCUT2D eigenvalue weighted by Gasteiger charge is -2.26. The highest BCUT2D eigenvalue weighted by Gasteiger charge is 2.16. The van der Waals surface area contributed by atoms with Crippen LogP contribution in [0.1, 0.15) is 34.5 Å². The fourth-order valence-corrected chi connectivity index (χ4v) is 4.87. The second-order valence-electron chi connectivity index (χ2n) is 8.33. The lowest BCUT2D eigenvalue weighted by Crippen LogP contribution is -2.41. The van der Waals surface area contributed by atoms with E-state index in [9.17, 15) is 4.79 Å². The number of benzene rings is 1. The highest BCUT2D eigenvalue weighted by Crippen LogP contribution is 2.25. The zero-order valence-corrected chi connectivity index (χ0v) is 20.1. The van der Waals surface area contributed by atoms with Gasteiger partial charge in [-0.2, -0.15) is 0 Å². The van der Waals surface area contributed by atoms with E-state index in [1.165, 1.54) is 12.8 Å². The molecule has 0 bridgehead atoms. The molecule has 2 aromatic rings. The van der Waals surface area contributed by atoms with Crippen LogP contribution in [0.5, 0.6) is 0 Å². The number of carbonyl (C=O) groups excluding carboxylic acids is 1. The molecular weight excluding hydrogens is 438 g/mol. The van der Waals surface area contributed by atoms with Crippen LogP contribution in [-0.2, 0) is 21.8 Å². The highest BCUT2D eigenvalue weighted by atomic mass is 32.2. The van der Waals surface area contributed by atoms with Gasteiger partial charge in [0.05, 0.1) is 25.5 Å². The van der Waals surface area contributed by atoms with E-state index < -0.39 is 0 Å². The standard InChI is InChI=1S/C24H33N5O3S/c1-31-17-21-16-22(29-8-2-3-9-29)27-24(26-21)33-18-19-5-4-6-20(15-19)23(30)25-7-10-28-11-13-32-14-12-28/h4-6,15-16H,2-3,7-14,17-18H2,1H3,(H,25,30). The fraction of sp³-hybridized carbons (Fsp3) is 0.542. The Hall–Kier alpha value is -2.20. The molecule has 2 aliphatic heterocycles. The summed E-state index contributed by atoms with van der Waals surface area (Å²) >= 11 is 1.59. The molecule has 3 heterocycles. The van der Waals surface area contributed by atoms with Crippen molar-refractivity contribution in [2.24, 2.45) is 0 Å². The number of aromatic nitrogens is 2. The molecular formula is C24H33N5O3S. The number of hydrogen-bond donors (Lipinski definition) is 1. The summed E-state index contributed by atoms with van der Waals surface area (Å²) in [4.78, 5) is 26.7. The van der Waals surface area contributed by atoms with E-state index in [0.717, 1.165) is 68.2 Å². The maximum Gasteiger partial charge on any atom is 0.251 e. The minimum atomic E-state index is -0.0372. The molecule has 9 heteroatoms. The maximum atomic E-state index is 12.6. The van der Waals surface area contributed by atoms with Gasteiger partial charge in [-0.1, -0.05) is 23.9 Å². The SMILES string of the molecule is COCc1cc(N2CCCC2)nc(SCc2cccc(C(=O)NCCN3CCOCC3)c2)n1. The number of morpholine rings is 1. The van der Waals surface area contributed by atoms with E-state index in [1.807, 2.05) is 30.3 Å². The Kier molecular flexibility index (Phi) is 8.93. The van der Waals surface area contributed by atoms with Crippen LogP contribution in [-0.4, -0.2) is 80.4 Å². The minimum Gasteiger partial charge on any atom is -0.379 e. The highest BCUT2D eigenvalue weighted by molar-refractivity contribution is 7.98. The quantitative estimate of drug-likeness (QED) is 0.418. The van der Waals surface area contributed by atoms with Gasteiger partial charge >= 0.3 is 0 Å². The molecule has 2 fully saturated rings. The maximum absolute atomic E-state index is 12.6. The summed E-state index contributed by atoms with van der Waals surface area (Å²) in [7, 11) is 1.68. The van der Waals surface area contributed by atoms with E-state index in [0.29, 0.717) is 24.5 Å². The summed E-state index contributed by atoms with van der Waals surface area (Å²) in [5, 5.41) is 3.78. The van der Waals surface area contributed by atoms with Crippen molar-refractivity contribution in [1.29, 1.82) is 0 Å². The molecule has 2 aliphatic rings. The predicted molar refractivity (Wildman–Crippen MR) is 130 cm³/mol. The number of anilines is 1. The van der Waals surface area contributed by atoms with Crippen LogP contribution in [0.15, 0.2) is 35.5 Å². The molecule has 33 heavy (non-hydrogen) atoms. The van der Waals surface area contributed by atoms with Gasteiger partial charge in [0.2, 0.25) is 0 Å². The first-order valence-electron chi connectivity index (χ1n) is 11.6. The molecule has 1 aromatic carbocycles. The summed E-state index contributed by atoms with van der Waals surface area (Å²) in [6, 6.07) is 9.82. The van der Waals surface area contributed by atoms with Crippen molar-refractivity contribution in [2.75, 3.05) is 64.5 Å². The van der Waals surface area contributed by atoms with E-state index in [-0.39, 0.29) is 5.91 Å². The third-order valence-corrected chi connectivity index (χ3v) is 6.76. The first kappa shape index (κ1) is 23.9. The second-order valence-corrected chi connectivity index (χ2v) is 9.27. The molecule has 1 amide bonds. The van der Waals surface area contributed by atoms with Crippen LogP contribution < -0.4 is 10.2 Å². The summed E-state index contributed by atoms with van der Waals surface area (Å²) < 4.78 is 10.7. The van der Waals surface area contributed by atoms with E-state index in [2.05, 4.69) is 20.1 Å². The molecule has 2 saturated heterocycles. The molecule has 0 atom stereocenters. The smallest absolute Gasteiger partial charge is 0.251 e. The van der Waals surface area contributed by atoms with Crippen LogP contribution in [0, 0.1) is 0 Å². The van der Waals surface area contributed by atoms with Crippen LogP contribution in [0.4, 0.5) is 5.82 Å². The van der Waals surface area contributed by atoms with Crippen LogP contribution in [0.3, 0.4) is 0 Å². The molecule has 0 saturated carbocycles. The molecule has 0 radical (unpaired) electrons. The van der Waals surface area contributed by atoms with Crippen molar-refractivity contribution < 1.29 is 14.3 Å². The molecule has 1 aromatic heterocycles. The average Bonchev–Trinajstić information content (AvgIpc) is 3.39. The lowest BCUT2D eigenvalue weighted by molar-refractivity contribution is 0.0383. The molecule has 0 aliphatic carbocycles. The molecule has 4 rings (SSSR count). The Bertz CT molecular complexity index is 917. The van der Waals surface area contributed by atoms with E-state index >= 15 is 0 Å². The van der Waals surface area contributed by atoms with Gasteiger partial charge in [-0.3, -0.25) is 9.69 Å². The summed E-state index contributed by atoms with van der Waals surface area (Å²) in [6.07, 6.45) is 2.40. The number of hydrogen-bond acceptors (Lipinski definition) is 8. The Balaban J connectivity index is 1.33. The predicted octanol–water partition coefficient (Wildman–Crippen LogP) is 2.58. The number of nitrogens with one attached hydrogen (secondary N) is 1. The Morgan fingerprint density at radius 3 is 2.76 bits per heavy atom. The Labute approximate surface area is 200 Å². The third kappa shape index (κ3) is 7.14. The van der Waals surface area contributed by atoms with Crippen LogP contribution >= 0.6 is 11.8 Å². The van der Waals surface area contributed by atoms with Gasteiger partial charge in [0.1, 0.15) is 5.82 Å². The Morgan fingerprint density at radius 2 is 1.97 bits per heavy atom. The average molecular weight is 472 g/mol. The number of ether oxygens (including phenoxy) is 2.